The van der Waals surface area contributed by atoms with Gasteiger partial charge in [0.1, 0.15) is 16.7 Å². The van der Waals surface area contributed by atoms with Gasteiger partial charge in [-0.1, -0.05) is 11.6 Å². The number of amides is 1. The number of nitriles is 1. The van der Waals surface area contributed by atoms with Crippen LogP contribution in [0.5, 0.6) is 0 Å². The molecule has 2 N–H and O–H groups in total. The van der Waals surface area contributed by atoms with E-state index in [0.717, 1.165) is 6.07 Å². The molecule has 1 amide bonds. The molecule has 0 radical (unpaired) electrons. The van der Waals surface area contributed by atoms with Gasteiger partial charge in [-0.15, -0.1) is 0 Å². The minimum atomic E-state index is -0.764. The highest BCUT2D eigenvalue weighted by molar-refractivity contribution is 6.32. The van der Waals surface area contributed by atoms with E-state index in [2.05, 4.69) is 10.6 Å². The molecule has 29 heavy (non-hydrogen) atoms. The highest BCUT2D eigenvalue weighted by Gasteiger charge is 2.15. The van der Waals surface area contributed by atoms with Gasteiger partial charge in [0.2, 0.25) is 0 Å². The van der Waals surface area contributed by atoms with Crippen molar-refractivity contribution in [1.29, 1.82) is 5.26 Å². The lowest BCUT2D eigenvalue weighted by Crippen LogP contribution is -2.14. The fraction of sp³-hybridized carbons (Fsp3) is 0.105. The van der Waals surface area contributed by atoms with Crippen molar-refractivity contribution in [1.82, 2.24) is 0 Å². The van der Waals surface area contributed by atoms with Crippen molar-refractivity contribution >= 4 is 40.5 Å². The molecule has 0 heterocycles. The van der Waals surface area contributed by atoms with E-state index in [4.69, 9.17) is 16.3 Å². The van der Waals surface area contributed by atoms with Crippen LogP contribution >= 0.6 is 11.6 Å². The van der Waals surface area contributed by atoms with Crippen LogP contribution in [0.25, 0.3) is 0 Å². The molecule has 0 unspecified atom stereocenters. The van der Waals surface area contributed by atoms with Gasteiger partial charge in [-0.25, -0.2) is 4.79 Å². The Bertz CT molecular complexity index is 1010. The van der Waals surface area contributed by atoms with Gasteiger partial charge >= 0.3 is 5.97 Å². The smallest absolute Gasteiger partial charge is 0.338 e. The van der Waals surface area contributed by atoms with Crippen LogP contribution in [0.15, 0.2) is 54.2 Å². The van der Waals surface area contributed by atoms with Crippen molar-refractivity contribution in [3.63, 3.8) is 0 Å². The first-order valence-corrected chi connectivity index (χ1v) is 8.62. The zero-order chi connectivity index (χ0) is 21.4. The minimum Gasteiger partial charge on any atom is -0.462 e. The monoisotopic (exact) mass is 414 g/mol. The quantitative estimate of drug-likeness (QED) is 0.231. The molecular formula is C19H15ClN4O5. The summed E-state index contributed by atoms with van der Waals surface area (Å²) >= 11 is 5.73. The molecular weight excluding hydrogens is 400 g/mol. The standard InChI is InChI=1S/C19H15ClN4O5/c1-2-29-19(26)12-3-5-14(6-4-12)22-11-13(10-21)18(25)23-15-7-8-16(20)17(9-15)24(27)28/h3-9,11,22H,2H2,1H3,(H,23,25)/b13-11-. The van der Waals surface area contributed by atoms with Crippen molar-refractivity contribution < 1.29 is 19.2 Å². The van der Waals surface area contributed by atoms with Crippen molar-refractivity contribution in [2.75, 3.05) is 17.2 Å². The van der Waals surface area contributed by atoms with Gasteiger partial charge in [0.25, 0.3) is 11.6 Å². The molecule has 0 aliphatic rings. The van der Waals surface area contributed by atoms with Crippen molar-refractivity contribution in [2.45, 2.75) is 6.92 Å². The highest BCUT2D eigenvalue weighted by atomic mass is 35.5. The molecule has 0 aliphatic heterocycles. The van der Waals surface area contributed by atoms with E-state index in [9.17, 15) is 25.0 Å². The molecule has 2 aromatic rings. The van der Waals surface area contributed by atoms with Crippen LogP contribution in [0, 0.1) is 21.4 Å². The Balaban J connectivity index is 2.09. The molecule has 0 spiro atoms. The predicted octanol–water partition coefficient (Wildman–Crippen LogP) is 3.88. The van der Waals surface area contributed by atoms with Crippen LogP contribution in [0.1, 0.15) is 17.3 Å². The number of nitro groups is 1. The number of ether oxygens (including phenoxy) is 1. The predicted molar refractivity (Wildman–Crippen MR) is 106 cm³/mol. The zero-order valence-electron chi connectivity index (χ0n) is 15.1. The summed E-state index contributed by atoms with van der Waals surface area (Å²) in [6.07, 6.45) is 1.18. The van der Waals surface area contributed by atoms with Gasteiger partial charge in [0, 0.05) is 23.6 Å². The maximum absolute atomic E-state index is 12.2. The minimum absolute atomic E-state index is 0.0722. The fourth-order valence-electron chi connectivity index (χ4n) is 2.15. The second-order valence-corrected chi connectivity index (χ2v) is 5.90. The fourth-order valence-corrected chi connectivity index (χ4v) is 2.34. The summed E-state index contributed by atoms with van der Waals surface area (Å²) < 4.78 is 4.88. The number of nitrogens with zero attached hydrogens (tertiary/aromatic N) is 2. The number of carbonyl (C=O) groups excluding carboxylic acids is 2. The van der Waals surface area contributed by atoms with Crippen LogP contribution in [0.3, 0.4) is 0 Å². The molecule has 10 heteroatoms. The first-order chi connectivity index (χ1) is 13.8. The number of anilines is 2. The molecule has 0 atom stereocenters. The molecule has 0 aromatic heterocycles. The Kier molecular flexibility index (Phi) is 7.28. The van der Waals surface area contributed by atoms with E-state index in [-0.39, 0.29) is 28.6 Å². The summed E-state index contributed by atoms with van der Waals surface area (Å²) in [6.45, 7) is 1.97. The number of halogens is 1. The van der Waals surface area contributed by atoms with E-state index in [1.807, 2.05) is 0 Å². The molecule has 0 aliphatic carbocycles. The Morgan fingerprint density at radius 3 is 2.48 bits per heavy atom. The summed E-state index contributed by atoms with van der Waals surface area (Å²) in [7, 11) is 0. The summed E-state index contributed by atoms with van der Waals surface area (Å²) in [6, 6.07) is 11.7. The van der Waals surface area contributed by atoms with Gasteiger partial charge in [-0.2, -0.15) is 5.26 Å². The molecule has 2 aromatic carbocycles. The molecule has 0 fully saturated rings. The van der Waals surface area contributed by atoms with E-state index in [0.29, 0.717) is 11.3 Å². The van der Waals surface area contributed by atoms with Crippen LogP contribution in [-0.2, 0) is 9.53 Å². The lowest BCUT2D eigenvalue weighted by atomic mass is 10.2. The van der Waals surface area contributed by atoms with Crippen LogP contribution in [0.4, 0.5) is 17.1 Å². The number of rotatable bonds is 7. The summed E-state index contributed by atoms with van der Waals surface area (Å²) in [5.74, 6) is -1.22. The third-order valence-corrected chi connectivity index (χ3v) is 3.86. The maximum atomic E-state index is 12.2. The molecule has 9 nitrogen and oxygen atoms in total. The second kappa shape index (κ2) is 9.87. The van der Waals surface area contributed by atoms with Crippen molar-refractivity contribution in [2.24, 2.45) is 0 Å². The topological polar surface area (TPSA) is 134 Å². The highest BCUT2D eigenvalue weighted by Crippen LogP contribution is 2.27. The van der Waals surface area contributed by atoms with Crippen molar-refractivity contribution in [3.05, 3.63) is 74.9 Å². The van der Waals surface area contributed by atoms with E-state index in [1.165, 1.54) is 30.5 Å². The van der Waals surface area contributed by atoms with E-state index < -0.39 is 16.8 Å². The summed E-state index contributed by atoms with van der Waals surface area (Å²) in [5, 5.41) is 25.2. The molecule has 0 saturated carbocycles. The number of hydrogen-bond acceptors (Lipinski definition) is 7. The Hall–Kier alpha value is -3.90. The average molecular weight is 415 g/mol. The van der Waals surface area contributed by atoms with Crippen LogP contribution in [-0.4, -0.2) is 23.4 Å². The second-order valence-electron chi connectivity index (χ2n) is 5.49. The molecule has 2 rings (SSSR count). The van der Waals surface area contributed by atoms with Crippen molar-refractivity contribution in [3.8, 4) is 6.07 Å². The average Bonchev–Trinajstić information content (AvgIpc) is 2.70. The summed E-state index contributed by atoms with van der Waals surface area (Å²) in [4.78, 5) is 34.1. The molecule has 148 valence electrons. The van der Waals surface area contributed by atoms with Gasteiger partial charge < -0.3 is 15.4 Å². The third kappa shape index (κ3) is 5.79. The molecule has 0 saturated heterocycles. The number of hydrogen-bond donors (Lipinski definition) is 2. The first kappa shape index (κ1) is 21.4. The van der Waals surface area contributed by atoms with Gasteiger partial charge in [-0.3, -0.25) is 14.9 Å². The first-order valence-electron chi connectivity index (χ1n) is 8.25. The SMILES string of the molecule is CCOC(=O)c1ccc(N/C=C(/C#N)C(=O)Nc2ccc(Cl)c([N+](=O)[O-])c2)cc1. The lowest BCUT2D eigenvalue weighted by Gasteiger charge is -2.06. The lowest BCUT2D eigenvalue weighted by molar-refractivity contribution is -0.384. The van der Waals surface area contributed by atoms with E-state index in [1.54, 1.807) is 25.1 Å². The number of esters is 1. The largest absolute Gasteiger partial charge is 0.462 e. The van der Waals surface area contributed by atoms with Gasteiger partial charge in [0.15, 0.2) is 0 Å². The van der Waals surface area contributed by atoms with Crippen LogP contribution < -0.4 is 10.6 Å². The van der Waals surface area contributed by atoms with E-state index >= 15 is 0 Å². The van der Waals surface area contributed by atoms with Crippen LogP contribution in [0.2, 0.25) is 5.02 Å². The number of nitro benzene ring substituents is 1. The maximum Gasteiger partial charge on any atom is 0.338 e. The summed E-state index contributed by atoms with van der Waals surface area (Å²) in [5.41, 5.74) is 0.375. The third-order valence-electron chi connectivity index (χ3n) is 3.54. The number of nitrogens with one attached hydrogen (secondary N) is 2. The Morgan fingerprint density at radius 1 is 1.24 bits per heavy atom. The number of carbonyl (C=O) groups is 2. The van der Waals surface area contributed by atoms with Gasteiger partial charge in [0.05, 0.1) is 17.1 Å². The Labute approximate surface area is 170 Å². The van der Waals surface area contributed by atoms with Gasteiger partial charge in [-0.05, 0) is 43.3 Å². The Morgan fingerprint density at radius 2 is 1.90 bits per heavy atom. The normalized spacial score (nSPS) is 10.6. The number of benzene rings is 2. The zero-order valence-corrected chi connectivity index (χ0v) is 15.9. The molecule has 0 bridgehead atoms.